The first kappa shape index (κ1) is 8.16. The summed E-state index contributed by atoms with van der Waals surface area (Å²) in [6.45, 7) is 0. The van der Waals surface area contributed by atoms with Gasteiger partial charge in [0.25, 0.3) is 5.56 Å². The number of aromatic amines is 1. The van der Waals surface area contributed by atoms with Gasteiger partial charge in [0.05, 0.1) is 10.9 Å². The molecule has 0 bridgehead atoms. The minimum Gasteiger partial charge on any atom is -0.306 e. The maximum absolute atomic E-state index is 10.6. The van der Waals surface area contributed by atoms with Gasteiger partial charge in [-0.3, -0.25) is 9.17 Å². The van der Waals surface area contributed by atoms with Crippen LogP contribution in [-0.2, 0) is 4.79 Å². The number of carbonyl (C=O) groups is 1. The smallest absolute Gasteiger partial charge is 0.258 e. The summed E-state index contributed by atoms with van der Waals surface area (Å²) >= 11 is 1.18. The van der Waals surface area contributed by atoms with Crippen LogP contribution >= 0.6 is 11.5 Å². The number of carbonyl (C=O) groups excluding carboxylic acids is 1. The number of aromatic nitrogens is 1. The Morgan fingerprint density at radius 3 is 2.91 bits per heavy atom. The first-order valence-corrected chi connectivity index (χ1v) is 3.90. The third kappa shape index (κ3) is 1.75. The van der Waals surface area contributed by atoms with Crippen molar-refractivity contribution in [2.45, 2.75) is 6.04 Å². The van der Waals surface area contributed by atoms with Gasteiger partial charge in [-0.2, -0.15) is 0 Å². The largest absolute Gasteiger partial charge is 0.306 e. The summed E-state index contributed by atoms with van der Waals surface area (Å²) in [5, 5.41) is 2.76. The number of nitrogens with one attached hydrogen (secondary N) is 2. The van der Waals surface area contributed by atoms with Crippen molar-refractivity contribution in [3.8, 4) is 0 Å². The van der Waals surface area contributed by atoms with E-state index in [4.69, 9.17) is 0 Å². The summed E-state index contributed by atoms with van der Waals surface area (Å²) in [7, 11) is 1.67. The van der Waals surface area contributed by atoms with Crippen molar-refractivity contribution in [1.29, 1.82) is 0 Å². The van der Waals surface area contributed by atoms with Gasteiger partial charge in [-0.1, -0.05) is 11.5 Å². The molecular weight excluding hydrogens is 164 g/mol. The maximum atomic E-state index is 10.6. The SMILES string of the molecule is CN[C@H](C=O)c1cc(=O)[nH]s1. The van der Waals surface area contributed by atoms with Crippen molar-refractivity contribution in [1.82, 2.24) is 9.69 Å². The molecule has 0 aromatic carbocycles. The summed E-state index contributed by atoms with van der Waals surface area (Å²) in [5.74, 6) is 0. The lowest BCUT2D eigenvalue weighted by molar-refractivity contribution is -0.109. The lowest BCUT2D eigenvalue weighted by atomic mass is 10.3. The third-order valence-corrected chi connectivity index (χ3v) is 2.21. The van der Waals surface area contributed by atoms with E-state index in [-0.39, 0.29) is 11.6 Å². The molecule has 11 heavy (non-hydrogen) atoms. The first-order valence-electron chi connectivity index (χ1n) is 3.09. The highest BCUT2D eigenvalue weighted by Gasteiger charge is 2.09. The molecule has 0 saturated heterocycles. The molecule has 1 atom stereocenters. The monoisotopic (exact) mass is 172 g/mol. The highest BCUT2D eigenvalue weighted by Crippen LogP contribution is 2.10. The van der Waals surface area contributed by atoms with Crippen molar-refractivity contribution >= 4 is 17.8 Å². The number of likely N-dealkylation sites (N-methyl/N-ethyl adjacent to an activating group) is 1. The van der Waals surface area contributed by atoms with Gasteiger partial charge in [-0.25, -0.2) is 0 Å². The van der Waals surface area contributed by atoms with Crippen LogP contribution in [0.15, 0.2) is 10.9 Å². The molecule has 0 unspecified atom stereocenters. The average Bonchev–Trinajstić information content (AvgIpc) is 2.39. The van der Waals surface area contributed by atoms with Crippen LogP contribution in [0.4, 0.5) is 0 Å². The molecule has 0 saturated carbocycles. The number of hydrogen-bond donors (Lipinski definition) is 2. The Hall–Kier alpha value is -0.940. The fraction of sp³-hybridized carbons (Fsp3) is 0.333. The van der Waals surface area contributed by atoms with Crippen LogP contribution in [0.3, 0.4) is 0 Å². The fourth-order valence-electron chi connectivity index (χ4n) is 0.728. The normalized spacial score (nSPS) is 12.8. The number of H-pyrrole nitrogens is 1. The zero-order valence-corrected chi connectivity index (χ0v) is 6.77. The number of aldehydes is 1. The first-order chi connectivity index (χ1) is 5.27. The van der Waals surface area contributed by atoms with Gasteiger partial charge in [0, 0.05) is 6.07 Å². The Bertz CT molecular complexity index is 291. The van der Waals surface area contributed by atoms with Crippen molar-refractivity contribution in [2.24, 2.45) is 0 Å². The Morgan fingerprint density at radius 1 is 1.82 bits per heavy atom. The molecule has 1 rings (SSSR count). The molecule has 0 aliphatic carbocycles. The highest BCUT2D eigenvalue weighted by molar-refractivity contribution is 7.05. The summed E-state index contributed by atoms with van der Waals surface area (Å²) in [6, 6.07) is 1.05. The van der Waals surface area contributed by atoms with Crippen LogP contribution < -0.4 is 10.9 Å². The molecule has 5 heteroatoms. The van der Waals surface area contributed by atoms with E-state index in [1.165, 1.54) is 17.6 Å². The van der Waals surface area contributed by atoms with E-state index in [0.29, 0.717) is 4.88 Å². The summed E-state index contributed by atoms with van der Waals surface area (Å²) in [4.78, 5) is 21.7. The van der Waals surface area contributed by atoms with E-state index in [1.807, 2.05) is 0 Å². The Morgan fingerprint density at radius 2 is 2.55 bits per heavy atom. The van der Waals surface area contributed by atoms with E-state index < -0.39 is 0 Å². The van der Waals surface area contributed by atoms with Crippen LogP contribution in [0, 0.1) is 0 Å². The molecule has 1 heterocycles. The van der Waals surface area contributed by atoms with E-state index in [0.717, 1.165) is 6.29 Å². The van der Waals surface area contributed by atoms with Crippen LogP contribution in [0.2, 0.25) is 0 Å². The summed E-state index contributed by atoms with van der Waals surface area (Å²) < 4.78 is 2.50. The molecule has 1 aromatic rings. The molecule has 0 aliphatic heterocycles. The predicted molar refractivity (Wildman–Crippen MR) is 42.8 cm³/mol. The molecule has 0 radical (unpaired) electrons. The molecule has 0 amide bonds. The number of hydrogen-bond acceptors (Lipinski definition) is 4. The second-order valence-electron chi connectivity index (χ2n) is 2.02. The third-order valence-electron chi connectivity index (χ3n) is 1.30. The fourth-order valence-corrected chi connectivity index (χ4v) is 1.47. The average molecular weight is 172 g/mol. The lowest BCUT2D eigenvalue weighted by Gasteiger charge is -2.02. The summed E-state index contributed by atoms with van der Waals surface area (Å²) in [5.41, 5.74) is -0.160. The van der Waals surface area contributed by atoms with Crippen LogP contribution in [0.5, 0.6) is 0 Å². The maximum Gasteiger partial charge on any atom is 0.258 e. The molecule has 4 nitrogen and oxygen atoms in total. The van der Waals surface area contributed by atoms with Gasteiger partial charge in [0.2, 0.25) is 0 Å². The van der Waals surface area contributed by atoms with Gasteiger partial charge in [0.1, 0.15) is 6.29 Å². The molecule has 2 N–H and O–H groups in total. The van der Waals surface area contributed by atoms with E-state index >= 15 is 0 Å². The molecule has 0 aliphatic rings. The van der Waals surface area contributed by atoms with Crippen LogP contribution in [-0.4, -0.2) is 17.7 Å². The van der Waals surface area contributed by atoms with Gasteiger partial charge in [-0.05, 0) is 7.05 Å². The van der Waals surface area contributed by atoms with Gasteiger partial charge >= 0.3 is 0 Å². The quantitative estimate of drug-likeness (QED) is 0.626. The molecular formula is C6H8N2O2S. The van der Waals surface area contributed by atoms with E-state index in [2.05, 4.69) is 9.69 Å². The second-order valence-corrected chi connectivity index (χ2v) is 2.90. The Balaban J connectivity index is 2.90. The van der Waals surface area contributed by atoms with E-state index in [1.54, 1.807) is 7.05 Å². The minimum atomic E-state index is -0.362. The van der Waals surface area contributed by atoms with Gasteiger partial charge < -0.3 is 10.1 Å². The zero-order valence-electron chi connectivity index (χ0n) is 5.96. The molecule has 0 fully saturated rings. The standard InChI is InChI=1S/C6H8N2O2S/c1-7-4(3-9)5-2-6(10)8-11-5/h2-4,7H,1H3,(H,8,10)/t4-/m1/s1. The highest BCUT2D eigenvalue weighted by atomic mass is 32.1. The minimum absolute atomic E-state index is 0.160. The van der Waals surface area contributed by atoms with Crippen LogP contribution in [0.25, 0.3) is 0 Å². The van der Waals surface area contributed by atoms with Crippen LogP contribution in [0.1, 0.15) is 10.9 Å². The van der Waals surface area contributed by atoms with Gasteiger partial charge in [0.15, 0.2) is 0 Å². The van der Waals surface area contributed by atoms with Crippen molar-refractivity contribution in [3.63, 3.8) is 0 Å². The zero-order chi connectivity index (χ0) is 8.27. The Kier molecular flexibility index (Phi) is 2.56. The molecule has 60 valence electrons. The van der Waals surface area contributed by atoms with Crippen molar-refractivity contribution < 1.29 is 4.79 Å². The number of rotatable bonds is 3. The lowest BCUT2D eigenvalue weighted by Crippen LogP contribution is -2.16. The van der Waals surface area contributed by atoms with E-state index in [9.17, 15) is 9.59 Å². The van der Waals surface area contributed by atoms with Crippen molar-refractivity contribution in [2.75, 3.05) is 7.05 Å². The summed E-state index contributed by atoms with van der Waals surface area (Å²) in [6.07, 6.45) is 0.763. The molecule has 0 spiro atoms. The topological polar surface area (TPSA) is 62.0 Å². The predicted octanol–water partition coefficient (Wildman–Crippen LogP) is -0.104. The second kappa shape index (κ2) is 3.45. The molecule has 1 aromatic heterocycles. The van der Waals surface area contributed by atoms with Gasteiger partial charge in [-0.15, -0.1) is 0 Å². The Labute approximate surface area is 67.4 Å². The van der Waals surface area contributed by atoms with Crippen molar-refractivity contribution in [3.05, 3.63) is 21.3 Å².